The molecule has 0 radical (unpaired) electrons. The zero-order valence-electron chi connectivity index (χ0n) is 12.2. The monoisotopic (exact) mass is 278 g/mol. The van der Waals surface area contributed by atoms with Crippen LogP contribution in [0.4, 0.5) is 4.79 Å². The first-order chi connectivity index (χ1) is 9.56. The Kier molecular flexibility index (Phi) is 4.71. The van der Waals surface area contributed by atoms with E-state index in [1.54, 1.807) is 0 Å². The van der Waals surface area contributed by atoms with Gasteiger partial charge in [0.25, 0.3) is 0 Å². The van der Waals surface area contributed by atoms with Crippen LogP contribution in [-0.2, 0) is 0 Å². The molecule has 0 spiro atoms. The molecule has 5 heteroatoms. The molecule has 2 N–H and O–H groups in total. The first-order valence-electron chi connectivity index (χ1n) is 7.00. The van der Waals surface area contributed by atoms with Crippen LogP contribution in [0.5, 0.6) is 11.5 Å². The van der Waals surface area contributed by atoms with E-state index in [9.17, 15) is 4.79 Å². The molecule has 1 heterocycles. The minimum absolute atomic E-state index is 0.0852. The van der Waals surface area contributed by atoms with Crippen LogP contribution in [0.15, 0.2) is 18.2 Å². The Morgan fingerprint density at radius 1 is 1.20 bits per heavy atom. The standard InChI is InChI=1S/C15H22N2O3/c1-10(2)9-16-15(18)17-11(3)12-4-5-13-14(8-12)20-7-6-19-13/h4-5,8,10-11H,6-7,9H2,1-3H3,(H2,16,17,18). The van der Waals surface area contributed by atoms with Gasteiger partial charge in [0.05, 0.1) is 6.04 Å². The number of amides is 2. The van der Waals surface area contributed by atoms with Gasteiger partial charge in [0.2, 0.25) is 0 Å². The number of carbonyl (C=O) groups is 1. The molecule has 1 aliphatic heterocycles. The van der Waals surface area contributed by atoms with Crippen LogP contribution in [0.25, 0.3) is 0 Å². The molecule has 1 atom stereocenters. The third kappa shape index (κ3) is 3.79. The smallest absolute Gasteiger partial charge is 0.315 e. The molecule has 0 saturated heterocycles. The fraction of sp³-hybridized carbons (Fsp3) is 0.533. The summed E-state index contributed by atoms with van der Waals surface area (Å²) in [6, 6.07) is 5.51. The van der Waals surface area contributed by atoms with Gasteiger partial charge >= 0.3 is 6.03 Å². The predicted octanol–water partition coefficient (Wildman–Crippen LogP) is 2.47. The molecule has 0 bridgehead atoms. The third-order valence-corrected chi connectivity index (χ3v) is 3.08. The van der Waals surface area contributed by atoms with Crippen LogP contribution in [0.2, 0.25) is 0 Å². The van der Waals surface area contributed by atoms with Crippen LogP contribution < -0.4 is 20.1 Å². The summed E-state index contributed by atoms with van der Waals surface area (Å²) in [5, 5.41) is 5.75. The Hall–Kier alpha value is -1.91. The average Bonchev–Trinajstić information content (AvgIpc) is 2.44. The Bertz CT molecular complexity index is 474. The Labute approximate surface area is 119 Å². The molecule has 1 aliphatic rings. The minimum atomic E-state index is -0.152. The average molecular weight is 278 g/mol. The predicted molar refractivity (Wildman–Crippen MR) is 77.2 cm³/mol. The molecule has 0 aliphatic carbocycles. The quantitative estimate of drug-likeness (QED) is 0.889. The van der Waals surface area contributed by atoms with Crippen LogP contribution in [-0.4, -0.2) is 25.8 Å². The highest BCUT2D eigenvalue weighted by Crippen LogP contribution is 2.32. The van der Waals surface area contributed by atoms with E-state index >= 15 is 0 Å². The van der Waals surface area contributed by atoms with Crippen LogP contribution in [0, 0.1) is 5.92 Å². The molecule has 110 valence electrons. The second-order valence-corrected chi connectivity index (χ2v) is 5.37. The van der Waals surface area contributed by atoms with E-state index in [0.717, 1.165) is 17.1 Å². The molecule has 2 rings (SSSR count). The van der Waals surface area contributed by atoms with Crippen molar-refractivity contribution in [2.45, 2.75) is 26.8 Å². The van der Waals surface area contributed by atoms with Crippen molar-refractivity contribution in [2.75, 3.05) is 19.8 Å². The number of nitrogens with one attached hydrogen (secondary N) is 2. The highest BCUT2D eigenvalue weighted by molar-refractivity contribution is 5.74. The lowest BCUT2D eigenvalue weighted by atomic mass is 10.1. The van der Waals surface area contributed by atoms with E-state index in [1.807, 2.05) is 25.1 Å². The van der Waals surface area contributed by atoms with Gasteiger partial charge in [-0.2, -0.15) is 0 Å². The second kappa shape index (κ2) is 6.50. The van der Waals surface area contributed by atoms with E-state index in [0.29, 0.717) is 25.7 Å². The van der Waals surface area contributed by atoms with Gasteiger partial charge in [-0.15, -0.1) is 0 Å². The Morgan fingerprint density at radius 3 is 2.60 bits per heavy atom. The van der Waals surface area contributed by atoms with Gasteiger partial charge in [0.15, 0.2) is 11.5 Å². The first-order valence-corrected chi connectivity index (χ1v) is 7.00. The molecular weight excluding hydrogens is 256 g/mol. The van der Waals surface area contributed by atoms with Crippen molar-refractivity contribution >= 4 is 6.03 Å². The summed E-state index contributed by atoms with van der Waals surface area (Å²) >= 11 is 0. The lowest BCUT2D eigenvalue weighted by molar-refractivity contribution is 0.171. The summed E-state index contributed by atoms with van der Waals surface area (Å²) in [7, 11) is 0. The number of carbonyl (C=O) groups excluding carboxylic acids is 1. The second-order valence-electron chi connectivity index (χ2n) is 5.37. The summed E-state index contributed by atoms with van der Waals surface area (Å²) in [6.07, 6.45) is 0. The summed E-state index contributed by atoms with van der Waals surface area (Å²) in [6.45, 7) is 7.88. The molecule has 5 nitrogen and oxygen atoms in total. The largest absolute Gasteiger partial charge is 0.486 e. The number of urea groups is 1. The van der Waals surface area contributed by atoms with Crippen molar-refractivity contribution in [1.82, 2.24) is 10.6 Å². The number of rotatable bonds is 4. The Morgan fingerprint density at radius 2 is 1.90 bits per heavy atom. The van der Waals surface area contributed by atoms with Gasteiger partial charge in [-0.05, 0) is 30.5 Å². The number of fused-ring (bicyclic) bond motifs is 1. The molecule has 2 amide bonds. The summed E-state index contributed by atoms with van der Waals surface area (Å²) < 4.78 is 11.0. The summed E-state index contributed by atoms with van der Waals surface area (Å²) in [4.78, 5) is 11.7. The van der Waals surface area contributed by atoms with Crippen molar-refractivity contribution < 1.29 is 14.3 Å². The van der Waals surface area contributed by atoms with Gasteiger partial charge < -0.3 is 20.1 Å². The van der Waals surface area contributed by atoms with Gasteiger partial charge in [0, 0.05) is 6.54 Å². The molecular formula is C15H22N2O3. The molecule has 1 unspecified atom stereocenters. The van der Waals surface area contributed by atoms with Crippen molar-refractivity contribution in [1.29, 1.82) is 0 Å². The van der Waals surface area contributed by atoms with Crippen molar-refractivity contribution in [3.8, 4) is 11.5 Å². The van der Waals surface area contributed by atoms with E-state index < -0.39 is 0 Å². The van der Waals surface area contributed by atoms with Gasteiger partial charge in [-0.25, -0.2) is 4.79 Å². The fourth-order valence-corrected chi connectivity index (χ4v) is 1.96. The molecule has 0 saturated carbocycles. The molecule has 1 aromatic rings. The lowest BCUT2D eigenvalue weighted by Crippen LogP contribution is -2.38. The maximum atomic E-state index is 11.7. The Balaban J connectivity index is 1.95. The maximum absolute atomic E-state index is 11.7. The lowest BCUT2D eigenvalue weighted by Gasteiger charge is -2.21. The highest BCUT2D eigenvalue weighted by Gasteiger charge is 2.15. The minimum Gasteiger partial charge on any atom is -0.486 e. The molecule has 20 heavy (non-hydrogen) atoms. The maximum Gasteiger partial charge on any atom is 0.315 e. The number of hydrogen-bond acceptors (Lipinski definition) is 3. The zero-order valence-corrected chi connectivity index (χ0v) is 12.2. The topological polar surface area (TPSA) is 59.6 Å². The third-order valence-electron chi connectivity index (χ3n) is 3.08. The van der Waals surface area contributed by atoms with Gasteiger partial charge in [0.1, 0.15) is 13.2 Å². The molecule has 0 aromatic heterocycles. The van der Waals surface area contributed by atoms with E-state index in [2.05, 4.69) is 24.5 Å². The molecule has 1 aromatic carbocycles. The number of benzene rings is 1. The molecule has 0 fully saturated rings. The van der Waals surface area contributed by atoms with Crippen LogP contribution >= 0.6 is 0 Å². The normalized spacial score (nSPS) is 14.8. The van der Waals surface area contributed by atoms with E-state index in [4.69, 9.17) is 9.47 Å². The van der Waals surface area contributed by atoms with Crippen molar-refractivity contribution in [3.05, 3.63) is 23.8 Å². The first kappa shape index (κ1) is 14.5. The van der Waals surface area contributed by atoms with E-state index in [-0.39, 0.29) is 12.1 Å². The summed E-state index contributed by atoms with van der Waals surface area (Å²) in [5.74, 6) is 1.94. The number of ether oxygens (including phenoxy) is 2. The van der Waals surface area contributed by atoms with Gasteiger partial charge in [-0.1, -0.05) is 19.9 Å². The summed E-state index contributed by atoms with van der Waals surface area (Å²) in [5.41, 5.74) is 0.994. The highest BCUT2D eigenvalue weighted by atomic mass is 16.6. The number of hydrogen-bond donors (Lipinski definition) is 2. The van der Waals surface area contributed by atoms with Gasteiger partial charge in [-0.3, -0.25) is 0 Å². The SMILES string of the molecule is CC(C)CNC(=O)NC(C)c1ccc2c(c1)OCCO2. The van der Waals surface area contributed by atoms with E-state index in [1.165, 1.54) is 0 Å². The fourth-order valence-electron chi connectivity index (χ4n) is 1.96. The van der Waals surface area contributed by atoms with Crippen LogP contribution in [0.1, 0.15) is 32.4 Å². The van der Waals surface area contributed by atoms with Crippen molar-refractivity contribution in [2.24, 2.45) is 5.92 Å². The zero-order chi connectivity index (χ0) is 14.5. The van der Waals surface area contributed by atoms with Crippen molar-refractivity contribution in [3.63, 3.8) is 0 Å². The van der Waals surface area contributed by atoms with Crippen LogP contribution in [0.3, 0.4) is 0 Å².